The van der Waals surface area contributed by atoms with Gasteiger partial charge in [-0.1, -0.05) is 6.92 Å². The molecule has 38 heavy (non-hydrogen) atoms. The van der Waals surface area contributed by atoms with Gasteiger partial charge in [-0.05, 0) is 68.9 Å². The van der Waals surface area contributed by atoms with Crippen LogP contribution < -0.4 is 21.7 Å². The summed E-state index contributed by atoms with van der Waals surface area (Å²) in [5, 5.41) is 34.5. The molecule has 1 aliphatic heterocycles. The smallest absolute Gasteiger partial charge is 0.222 e. The van der Waals surface area contributed by atoms with Crippen LogP contribution in [0.25, 0.3) is 0 Å². The van der Waals surface area contributed by atoms with Crippen molar-refractivity contribution in [3.63, 3.8) is 0 Å². The number of nitrogens with two attached hydrogens (primary N) is 1. The first-order valence-electron chi connectivity index (χ1n) is 12.9. The number of dihydropyridines is 1. The molecule has 0 fully saturated rings. The number of hydrogen-bond acceptors (Lipinski definition) is 9. The van der Waals surface area contributed by atoms with Crippen LogP contribution in [0.4, 0.5) is 22.7 Å². The number of carbonyl (C=O) groups excluding carboxylic acids is 1. The molecule has 0 spiro atoms. The molecule has 1 heterocycles. The van der Waals surface area contributed by atoms with E-state index in [4.69, 9.17) is 5.73 Å². The number of rotatable bonds is 14. The summed E-state index contributed by atoms with van der Waals surface area (Å²) in [5.74, 6) is -0.230. The number of anilines is 3. The zero-order valence-corrected chi connectivity index (χ0v) is 22.2. The van der Waals surface area contributed by atoms with Gasteiger partial charge in [0.05, 0.1) is 37.6 Å². The van der Waals surface area contributed by atoms with Gasteiger partial charge in [-0.15, -0.1) is 0 Å². The maximum Gasteiger partial charge on any atom is 0.222 e. The fourth-order valence-corrected chi connectivity index (χ4v) is 3.71. The number of likely N-dealkylation sites (N-methyl/N-ethyl adjacent to an activating group) is 2. The number of nitrogens with zero attached hydrogens (tertiary/aromatic N) is 4. The van der Waals surface area contributed by atoms with Crippen LogP contribution in [-0.2, 0) is 4.79 Å². The number of hydroxylamine groups is 5. The van der Waals surface area contributed by atoms with Gasteiger partial charge in [0.25, 0.3) is 0 Å². The minimum Gasteiger partial charge on any atom is -0.785 e. The van der Waals surface area contributed by atoms with Gasteiger partial charge in [0, 0.05) is 36.2 Å². The highest BCUT2D eigenvalue weighted by Gasteiger charge is 2.19. The van der Waals surface area contributed by atoms with Gasteiger partial charge in [-0.25, -0.2) is 9.98 Å². The van der Waals surface area contributed by atoms with Crippen LogP contribution in [0, 0.1) is 10.4 Å². The van der Waals surface area contributed by atoms with Gasteiger partial charge >= 0.3 is 0 Å². The zero-order valence-electron chi connectivity index (χ0n) is 22.2. The number of quaternary nitrogens is 1. The third-order valence-electron chi connectivity index (χ3n) is 6.31. The molecule has 0 saturated carbocycles. The monoisotopic (exact) mass is 521 g/mol. The summed E-state index contributed by atoms with van der Waals surface area (Å²) in [6, 6.07) is 14.9. The Hall–Kier alpha value is -3.77. The van der Waals surface area contributed by atoms with E-state index < -0.39 is 5.78 Å². The van der Waals surface area contributed by atoms with Crippen LogP contribution in [-0.4, -0.2) is 73.0 Å². The van der Waals surface area contributed by atoms with E-state index in [1.165, 1.54) is 6.08 Å². The molecule has 1 aliphatic rings. The molecule has 0 aromatic heterocycles. The van der Waals surface area contributed by atoms with Crippen LogP contribution in [0.15, 0.2) is 70.3 Å². The lowest BCUT2D eigenvalue weighted by molar-refractivity contribution is -0.875. The van der Waals surface area contributed by atoms with E-state index in [0.29, 0.717) is 63.0 Å². The number of hydrogen-bond donors (Lipinski definition) is 4. The largest absolute Gasteiger partial charge is 0.785 e. The average molecular weight is 522 g/mol. The van der Waals surface area contributed by atoms with E-state index in [-0.39, 0.29) is 10.5 Å². The Morgan fingerprint density at radius 2 is 1.53 bits per heavy atom. The summed E-state index contributed by atoms with van der Waals surface area (Å²) in [5.41, 5.74) is 9.36. The van der Waals surface area contributed by atoms with Crippen molar-refractivity contribution in [2.45, 2.75) is 20.8 Å². The molecule has 11 heteroatoms. The molecule has 0 radical (unpaired) electrons. The summed E-state index contributed by atoms with van der Waals surface area (Å²) in [7, 11) is 0. The van der Waals surface area contributed by atoms with Gasteiger partial charge in [0.15, 0.2) is 11.7 Å². The summed E-state index contributed by atoms with van der Waals surface area (Å²) in [4.78, 5) is 21.0. The number of benzene rings is 2. The molecule has 0 bridgehead atoms. The fraction of sp³-hybridized carbons (Fsp3) is 0.370. The topological polar surface area (TPSA) is 153 Å². The van der Waals surface area contributed by atoms with Crippen LogP contribution in [0.1, 0.15) is 20.8 Å². The molecule has 0 saturated heterocycles. The van der Waals surface area contributed by atoms with E-state index in [9.17, 15) is 15.2 Å². The van der Waals surface area contributed by atoms with E-state index in [1.807, 2.05) is 69.3 Å². The van der Waals surface area contributed by atoms with E-state index in [1.54, 1.807) is 0 Å². The van der Waals surface area contributed by atoms with Gasteiger partial charge in [0.2, 0.25) is 5.78 Å². The number of carbonyl (C=O) groups is 1. The number of amidine groups is 2. The van der Waals surface area contributed by atoms with E-state index in [2.05, 4.69) is 25.9 Å². The lowest BCUT2D eigenvalue weighted by Crippen LogP contribution is -2.44. The predicted octanol–water partition coefficient (Wildman–Crippen LogP) is 3.65. The maximum atomic E-state index is 12.4. The Labute approximate surface area is 223 Å². The second kappa shape index (κ2) is 13.7. The first-order valence-corrected chi connectivity index (χ1v) is 12.9. The van der Waals surface area contributed by atoms with Crippen molar-refractivity contribution in [3.05, 3.63) is 70.7 Å². The van der Waals surface area contributed by atoms with Crippen molar-refractivity contribution in [1.82, 2.24) is 5.06 Å². The molecule has 0 amide bonds. The minimum absolute atomic E-state index is 0.127. The lowest BCUT2D eigenvalue weighted by atomic mass is 10.2. The highest BCUT2D eigenvalue weighted by Crippen LogP contribution is 2.21. The Balaban J connectivity index is 1.65. The van der Waals surface area contributed by atoms with Crippen molar-refractivity contribution >= 4 is 40.2 Å². The first kappa shape index (κ1) is 28.8. The second-order valence-electron chi connectivity index (χ2n) is 8.89. The van der Waals surface area contributed by atoms with Crippen molar-refractivity contribution < 1.29 is 9.44 Å². The number of aliphatic imine (C=N–C) groups is 2. The van der Waals surface area contributed by atoms with Crippen molar-refractivity contribution in [2.24, 2.45) is 15.7 Å². The van der Waals surface area contributed by atoms with Gasteiger partial charge in [0.1, 0.15) is 0 Å². The molecule has 2 aromatic carbocycles. The van der Waals surface area contributed by atoms with Gasteiger partial charge < -0.3 is 41.8 Å². The predicted molar refractivity (Wildman–Crippen MR) is 155 cm³/mol. The minimum atomic E-state index is -0.394. The summed E-state index contributed by atoms with van der Waals surface area (Å²) in [6.45, 7) is 9.19. The SMILES string of the molecule is CCN([O-])CCNc1ccc(NC2=CC(=O)C(N)=NC2=Nc2ccc(NCC[N+]([O-])(CC)CC)cc2)cc1. The average Bonchev–Trinajstić information content (AvgIpc) is 2.93. The molecule has 11 nitrogen and oxygen atoms in total. The third-order valence-corrected chi connectivity index (χ3v) is 6.31. The number of nitrogens with one attached hydrogen (secondary N) is 3. The molecule has 0 atom stereocenters. The quantitative estimate of drug-likeness (QED) is 0.217. The molecule has 3 rings (SSSR count). The zero-order chi connectivity index (χ0) is 27.5. The Kier molecular flexibility index (Phi) is 10.4. The molecular weight excluding hydrogens is 484 g/mol. The highest BCUT2D eigenvalue weighted by molar-refractivity contribution is 6.47. The van der Waals surface area contributed by atoms with Crippen LogP contribution in [0.3, 0.4) is 0 Å². The van der Waals surface area contributed by atoms with E-state index >= 15 is 0 Å². The van der Waals surface area contributed by atoms with Crippen LogP contribution in [0.5, 0.6) is 0 Å². The van der Waals surface area contributed by atoms with Crippen molar-refractivity contribution in [2.75, 3.05) is 61.8 Å². The van der Waals surface area contributed by atoms with Crippen LogP contribution >= 0.6 is 0 Å². The fourth-order valence-electron chi connectivity index (χ4n) is 3.71. The van der Waals surface area contributed by atoms with Crippen molar-refractivity contribution in [3.8, 4) is 0 Å². The van der Waals surface area contributed by atoms with E-state index in [0.717, 1.165) is 22.1 Å². The lowest BCUT2D eigenvalue weighted by Gasteiger charge is -2.41. The normalized spacial score (nSPS) is 14.9. The molecule has 5 N–H and O–H groups in total. The van der Waals surface area contributed by atoms with Gasteiger partial charge in [-0.2, -0.15) is 0 Å². The molecule has 0 aliphatic carbocycles. The molecule has 204 valence electrons. The number of ketones is 1. The Morgan fingerprint density at radius 3 is 2.13 bits per heavy atom. The molecular formula is C27H37N8O3-. The summed E-state index contributed by atoms with van der Waals surface area (Å²) < 4.78 is -0.225. The highest BCUT2D eigenvalue weighted by atomic mass is 16.5. The van der Waals surface area contributed by atoms with Gasteiger partial charge in [-0.3, -0.25) is 4.79 Å². The summed E-state index contributed by atoms with van der Waals surface area (Å²) in [6.07, 6.45) is 1.38. The van der Waals surface area contributed by atoms with Crippen molar-refractivity contribution in [1.29, 1.82) is 0 Å². The second-order valence-corrected chi connectivity index (χ2v) is 8.89. The third kappa shape index (κ3) is 8.38. The summed E-state index contributed by atoms with van der Waals surface area (Å²) >= 11 is 0. The maximum absolute atomic E-state index is 12.4. The Morgan fingerprint density at radius 1 is 0.947 bits per heavy atom. The molecule has 2 aromatic rings. The first-order chi connectivity index (χ1) is 18.2. The standard InChI is InChI=1S/C27H37N8O3/c1-4-34(37)17-15-29-20-7-11-22(12-8-20)31-24-19-25(36)26(28)33-27(24)32-23-13-9-21(10-14-23)30-16-18-35(38,5-2)6-3/h7-14,19,29-31H,4-6,15-18H2,1-3H3,(H2,28,32,33)/q-1. The molecule has 0 unspecified atom stereocenters. The van der Waals surface area contributed by atoms with Crippen LogP contribution in [0.2, 0.25) is 0 Å². The Bertz CT molecular complexity index is 1160.